The van der Waals surface area contributed by atoms with Crippen LogP contribution in [0, 0.1) is 0 Å². The lowest BCUT2D eigenvalue weighted by atomic mass is 10.1. The maximum absolute atomic E-state index is 11.0. The number of nitrogens with one attached hydrogen (secondary N) is 1. The number of carbonyl (C=O) groups excluding carboxylic acids is 1. The summed E-state index contributed by atoms with van der Waals surface area (Å²) >= 11 is 0. The van der Waals surface area contributed by atoms with Crippen LogP contribution >= 0.6 is 0 Å². The van der Waals surface area contributed by atoms with E-state index in [1.165, 1.54) is 12.0 Å². The van der Waals surface area contributed by atoms with Crippen LogP contribution in [0.2, 0.25) is 0 Å². The van der Waals surface area contributed by atoms with Crippen LogP contribution in [-0.4, -0.2) is 45.9 Å². The molecule has 1 rings (SSSR count). The van der Waals surface area contributed by atoms with E-state index in [1.807, 2.05) is 0 Å². The maximum Gasteiger partial charge on any atom is 0.305 e. The number of hydrogen-bond donors (Lipinski definition) is 1. The van der Waals surface area contributed by atoms with Gasteiger partial charge in [0.25, 0.3) is 0 Å². The second-order valence-corrected chi connectivity index (χ2v) is 3.80. The molecule has 0 unspecified atom stereocenters. The van der Waals surface area contributed by atoms with Crippen LogP contribution in [-0.2, 0) is 14.3 Å². The molecule has 0 saturated carbocycles. The number of hydrogen-bond acceptors (Lipinski definition) is 3. The topological polar surface area (TPSA) is 40.0 Å². The second kappa shape index (κ2) is 6.58. The van der Waals surface area contributed by atoms with Gasteiger partial charge >= 0.3 is 5.97 Å². The summed E-state index contributed by atoms with van der Waals surface area (Å²) in [6, 6.07) is 0.393. The van der Waals surface area contributed by atoms with E-state index in [2.05, 4.69) is 16.9 Å². The minimum atomic E-state index is -0.136. The molecule has 0 aromatic carbocycles. The average molecular weight is 214 g/mol. The lowest BCUT2D eigenvalue weighted by molar-refractivity contribution is -0.910. The Morgan fingerprint density at radius 2 is 2.07 bits per heavy atom. The van der Waals surface area contributed by atoms with Crippen molar-refractivity contribution in [3.8, 4) is 0 Å². The van der Waals surface area contributed by atoms with Crippen LogP contribution in [0.4, 0.5) is 0 Å². The Kier molecular flexibility index (Phi) is 5.36. The first-order chi connectivity index (χ1) is 7.27. The number of methoxy groups -OCH3 is 2. The third kappa shape index (κ3) is 4.01. The van der Waals surface area contributed by atoms with Gasteiger partial charge in [-0.2, -0.15) is 0 Å². The highest BCUT2D eigenvalue weighted by Crippen LogP contribution is 1.98. The smallest absolute Gasteiger partial charge is 0.305 e. The minimum Gasteiger partial charge on any atom is -0.469 e. The lowest BCUT2D eigenvalue weighted by Gasteiger charge is -2.23. The fraction of sp³-hybridized carbons (Fsp3) is 0.727. The van der Waals surface area contributed by atoms with Gasteiger partial charge in [-0.3, -0.25) is 4.79 Å². The highest BCUT2D eigenvalue weighted by Gasteiger charge is 2.23. The van der Waals surface area contributed by atoms with Crippen molar-refractivity contribution in [1.82, 2.24) is 0 Å². The van der Waals surface area contributed by atoms with E-state index in [9.17, 15) is 4.79 Å². The van der Waals surface area contributed by atoms with Crippen molar-refractivity contribution in [1.29, 1.82) is 0 Å². The predicted molar refractivity (Wildman–Crippen MR) is 56.8 cm³/mol. The zero-order valence-electron chi connectivity index (χ0n) is 9.49. The Bertz CT molecular complexity index is 220. The number of rotatable bonds is 6. The number of esters is 1. The SMILES string of the molecule is COC[C@H](CCC(=O)OC)[NH+]1CC=CC1. The normalized spacial score (nSPS) is 18.0. The molecule has 4 nitrogen and oxygen atoms in total. The molecule has 0 amide bonds. The van der Waals surface area contributed by atoms with E-state index in [4.69, 9.17) is 4.74 Å². The molecule has 1 atom stereocenters. The molecule has 0 aliphatic carbocycles. The van der Waals surface area contributed by atoms with Crippen LogP contribution < -0.4 is 4.90 Å². The van der Waals surface area contributed by atoms with Crippen LogP contribution in [0.3, 0.4) is 0 Å². The first-order valence-electron chi connectivity index (χ1n) is 5.33. The van der Waals surface area contributed by atoms with Crippen molar-refractivity contribution < 1.29 is 19.2 Å². The van der Waals surface area contributed by atoms with Crippen molar-refractivity contribution in [3.05, 3.63) is 12.2 Å². The molecule has 1 N–H and O–H groups in total. The van der Waals surface area contributed by atoms with Gasteiger partial charge in [-0.25, -0.2) is 0 Å². The van der Waals surface area contributed by atoms with Gasteiger partial charge in [-0.1, -0.05) is 0 Å². The monoisotopic (exact) mass is 214 g/mol. The van der Waals surface area contributed by atoms with Crippen molar-refractivity contribution in [2.45, 2.75) is 18.9 Å². The molecule has 1 aliphatic heterocycles. The standard InChI is InChI=1S/C11H19NO3/c1-14-9-10(5-6-11(13)15-2)12-7-3-4-8-12/h3-4,10H,5-9H2,1-2H3/p+1/t10-/m0/s1. The van der Waals surface area contributed by atoms with Crippen LogP contribution in [0.5, 0.6) is 0 Å². The molecule has 86 valence electrons. The summed E-state index contributed by atoms with van der Waals surface area (Å²) in [4.78, 5) is 12.5. The molecule has 0 spiro atoms. The third-order valence-electron chi connectivity index (χ3n) is 2.80. The molecule has 1 aliphatic rings. The summed E-state index contributed by atoms with van der Waals surface area (Å²) in [6.07, 6.45) is 5.66. The van der Waals surface area contributed by atoms with E-state index in [-0.39, 0.29) is 5.97 Å². The van der Waals surface area contributed by atoms with Crippen LogP contribution in [0.25, 0.3) is 0 Å². The average Bonchev–Trinajstić information content (AvgIpc) is 2.76. The zero-order chi connectivity index (χ0) is 11.1. The van der Waals surface area contributed by atoms with E-state index < -0.39 is 0 Å². The maximum atomic E-state index is 11.0. The van der Waals surface area contributed by atoms with Crippen molar-refractivity contribution >= 4 is 5.97 Å². The third-order valence-corrected chi connectivity index (χ3v) is 2.80. The van der Waals surface area contributed by atoms with Crippen LogP contribution in [0.1, 0.15) is 12.8 Å². The molecule has 15 heavy (non-hydrogen) atoms. The number of quaternary nitrogens is 1. The summed E-state index contributed by atoms with van der Waals surface area (Å²) < 4.78 is 9.82. The summed E-state index contributed by atoms with van der Waals surface area (Å²) in [5.41, 5.74) is 0. The van der Waals surface area contributed by atoms with Gasteiger partial charge in [0, 0.05) is 13.5 Å². The zero-order valence-corrected chi connectivity index (χ0v) is 9.49. The largest absolute Gasteiger partial charge is 0.469 e. The molecule has 0 bridgehead atoms. The Hall–Kier alpha value is -0.870. The molecule has 0 saturated heterocycles. The first-order valence-corrected chi connectivity index (χ1v) is 5.33. The van der Waals surface area contributed by atoms with Crippen molar-refractivity contribution in [2.24, 2.45) is 0 Å². The molecule has 0 aromatic heterocycles. The molecule has 0 fully saturated rings. The number of ether oxygens (including phenoxy) is 2. The fourth-order valence-electron chi connectivity index (χ4n) is 1.89. The predicted octanol–water partition coefficient (Wildman–Crippen LogP) is -0.591. The quantitative estimate of drug-likeness (QED) is 0.474. The van der Waals surface area contributed by atoms with E-state index in [1.54, 1.807) is 7.11 Å². The van der Waals surface area contributed by atoms with E-state index >= 15 is 0 Å². The van der Waals surface area contributed by atoms with E-state index in [0.29, 0.717) is 19.1 Å². The summed E-state index contributed by atoms with van der Waals surface area (Å²) in [5, 5.41) is 0. The van der Waals surface area contributed by atoms with Gasteiger partial charge in [-0.05, 0) is 12.2 Å². The molecular formula is C11H20NO3+. The Morgan fingerprint density at radius 1 is 1.40 bits per heavy atom. The summed E-state index contributed by atoms with van der Waals surface area (Å²) in [5.74, 6) is -0.136. The fourth-order valence-corrected chi connectivity index (χ4v) is 1.89. The van der Waals surface area contributed by atoms with Gasteiger partial charge in [-0.15, -0.1) is 0 Å². The van der Waals surface area contributed by atoms with Gasteiger partial charge < -0.3 is 14.4 Å². The van der Waals surface area contributed by atoms with Crippen molar-refractivity contribution in [3.63, 3.8) is 0 Å². The Labute approximate surface area is 90.8 Å². The first kappa shape index (κ1) is 12.2. The molecule has 0 aromatic rings. The molecule has 0 radical (unpaired) electrons. The highest BCUT2D eigenvalue weighted by molar-refractivity contribution is 5.69. The van der Waals surface area contributed by atoms with Crippen molar-refractivity contribution in [2.75, 3.05) is 33.9 Å². The van der Waals surface area contributed by atoms with Crippen LogP contribution in [0.15, 0.2) is 12.2 Å². The highest BCUT2D eigenvalue weighted by atomic mass is 16.5. The molecule has 1 heterocycles. The number of carbonyl (C=O) groups is 1. The van der Waals surface area contributed by atoms with Gasteiger partial charge in [0.05, 0.1) is 33.2 Å². The Morgan fingerprint density at radius 3 is 2.60 bits per heavy atom. The van der Waals surface area contributed by atoms with Gasteiger partial charge in [0.15, 0.2) is 0 Å². The van der Waals surface area contributed by atoms with Gasteiger partial charge in [0.1, 0.15) is 6.04 Å². The molecule has 4 heteroatoms. The Balaban J connectivity index is 2.32. The van der Waals surface area contributed by atoms with E-state index in [0.717, 1.165) is 19.5 Å². The minimum absolute atomic E-state index is 0.136. The molecular weight excluding hydrogens is 194 g/mol. The summed E-state index contributed by atoms with van der Waals surface area (Å²) in [7, 11) is 3.13. The van der Waals surface area contributed by atoms with Gasteiger partial charge in [0.2, 0.25) is 0 Å². The lowest BCUT2D eigenvalue weighted by Crippen LogP contribution is -3.14. The second-order valence-electron chi connectivity index (χ2n) is 3.80. The summed E-state index contributed by atoms with van der Waals surface area (Å²) in [6.45, 7) is 2.78.